The number of anilines is 1. The SMILES string of the molecule is Cc1nc(-c2ccc(N3CCN(C)CC3)cc2)cc(-c2ccc(Cl)cc2Cl)n1. The molecule has 6 heteroatoms. The van der Waals surface area contributed by atoms with Crippen molar-refractivity contribution in [3.05, 3.63) is 64.4 Å². The van der Waals surface area contributed by atoms with Gasteiger partial charge in [0.05, 0.1) is 16.4 Å². The first kappa shape index (κ1) is 19.2. The number of aryl methyl sites for hydroxylation is 1. The lowest BCUT2D eigenvalue weighted by atomic mass is 10.1. The van der Waals surface area contributed by atoms with Crippen molar-refractivity contribution in [2.45, 2.75) is 6.92 Å². The first-order valence-corrected chi connectivity index (χ1v) is 10.1. The first-order chi connectivity index (χ1) is 13.5. The van der Waals surface area contributed by atoms with Gasteiger partial charge in [-0.2, -0.15) is 0 Å². The molecule has 4 rings (SSSR count). The Morgan fingerprint density at radius 2 is 1.50 bits per heavy atom. The van der Waals surface area contributed by atoms with Crippen LogP contribution in [0.2, 0.25) is 10.0 Å². The third-order valence-electron chi connectivity index (χ3n) is 5.08. The third-order valence-corrected chi connectivity index (χ3v) is 5.62. The van der Waals surface area contributed by atoms with E-state index < -0.39 is 0 Å². The fraction of sp³-hybridized carbons (Fsp3) is 0.273. The predicted octanol–water partition coefficient (Wildman–Crippen LogP) is 5.18. The van der Waals surface area contributed by atoms with Gasteiger partial charge < -0.3 is 9.80 Å². The molecule has 28 heavy (non-hydrogen) atoms. The molecule has 1 saturated heterocycles. The number of aromatic nitrogens is 2. The summed E-state index contributed by atoms with van der Waals surface area (Å²) in [6.45, 7) is 6.20. The molecular formula is C22H22Cl2N4. The summed E-state index contributed by atoms with van der Waals surface area (Å²) in [6.07, 6.45) is 0. The number of nitrogens with zero attached hydrogens (tertiary/aromatic N) is 4. The molecule has 0 spiro atoms. The molecule has 1 aliphatic rings. The molecule has 2 heterocycles. The smallest absolute Gasteiger partial charge is 0.126 e. The van der Waals surface area contributed by atoms with E-state index in [2.05, 4.69) is 51.1 Å². The van der Waals surface area contributed by atoms with Gasteiger partial charge in [-0.05, 0) is 50.4 Å². The summed E-state index contributed by atoms with van der Waals surface area (Å²) < 4.78 is 0. The van der Waals surface area contributed by atoms with Crippen LogP contribution in [0.4, 0.5) is 5.69 Å². The van der Waals surface area contributed by atoms with Gasteiger partial charge in [0.15, 0.2) is 0 Å². The van der Waals surface area contributed by atoms with Crippen molar-refractivity contribution in [1.29, 1.82) is 0 Å². The molecule has 0 N–H and O–H groups in total. The lowest BCUT2D eigenvalue weighted by Crippen LogP contribution is -2.44. The molecule has 0 radical (unpaired) electrons. The van der Waals surface area contributed by atoms with Crippen LogP contribution in [0.25, 0.3) is 22.5 Å². The summed E-state index contributed by atoms with van der Waals surface area (Å²) in [6, 6.07) is 16.0. The average Bonchev–Trinajstić information content (AvgIpc) is 2.68. The van der Waals surface area contributed by atoms with E-state index in [0.717, 1.165) is 48.7 Å². The van der Waals surface area contributed by atoms with Gasteiger partial charge in [-0.3, -0.25) is 0 Å². The summed E-state index contributed by atoms with van der Waals surface area (Å²) >= 11 is 12.4. The highest BCUT2D eigenvalue weighted by atomic mass is 35.5. The first-order valence-electron chi connectivity index (χ1n) is 9.34. The average molecular weight is 413 g/mol. The number of benzene rings is 2. The highest BCUT2D eigenvalue weighted by Crippen LogP contribution is 2.31. The molecule has 0 atom stereocenters. The van der Waals surface area contributed by atoms with Crippen molar-refractivity contribution in [3.63, 3.8) is 0 Å². The Hall–Kier alpha value is -2.14. The second-order valence-electron chi connectivity index (χ2n) is 7.15. The van der Waals surface area contributed by atoms with E-state index in [4.69, 9.17) is 23.2 Å². The molecule has 1 aromatic heterocycles. The molecule has 1 aliphatic heterocycles. The Labute approximate surface area is 175 Å². The fourth-order valence-corrected chi connectivity index (χ4v) is 3.96. The predicted molar refractivity (Wildman–Crippen MR) is 117 cm³/mol. The maximum absolute atomic E-state index is 6.38. The number of piperazine rings is 1. The lowest BCUT2D eigenvalue weighted by molar-refractivity contribution is 0.313. The van der Waals surface area contributed by atoms with Crippen molar-refractivity contribution in [2.75, 3.05) is 38.1 Å². The zero-order valence-electron chi connectivity index (χ0n) is 16.0. The summed E-state index contributed by atoms with van der Waals surface area (Å²) in [5.74, 6) is 0.710. The van der Waals surface area contributed by atoms with Gasteiger partial charge in [-0.25, -0.2) is 9.97 Å². The minimum Gasteiger partial charge on any atom is -0.369 e. The Morgan fingerprint density at radius 1 is 0.821 bits per heavy atom. The minimum absolute atomic E-state index is 0.585. The van der Waals surface area contributed by atoms with Crippen LogP contribution in [-0.4, -0.2) is 48.1 Å². The highest BCUT2D eigenvalue weighted by Gasteiger charge is 2.15. The topological polar surface area (TPSA) is 32.3 Å². The number of halogens is 2. The maximum atomic E-state index is 6.38. The summed E-state index contributed by atoms with van der Waals surface area (Å²) in [5, 5.41) is 1.20. The van der Waals surface area contributed by atoms with Crippen LogP contribution in [-0.2, 0) is 0 Å². The standard InChI is InChI=1S/C22H22Cl2N4/c1-15-25-21(14-22(26-15)19-8-5-17(23)13-20(19)24)16-3-6-18(7-4-16)28-11-9-27(2)10-12-28/h3-8,13-14H,9-12H2,1-2H3. The van der Waals surface area contributed by atoms with Crippen molar-refractivity contribution >= 4 is 28.9 Å². The van der Waals surface area contributed by atoms with Crippen LogP contribution in [0, 0.1) is 6.92 Å². The van der Waals surface area contributed by atoms with E-state index in [0.29, 0.717) is 15.9 Å². The van der Waals surface area contributed by atoms with Gasteiger partial charge in [0.2, 0.25) is 0 Å². The van der Waals surface area contributed by atoms with Gasteiger partial charge >= 0.3 is 0 Å². The minimum atomic E-state index is 0.585. The van der Waals surface area contributed by atoms with Gasteiger partial charge in [-0.1, -0.05) is 35.3 Å². The quantitative estimate of drug-likeness (QED) is 0.593. The van der Waals surface area contributed by atoms with E-state index in [1.165, 1.54) is 5.69 Å². The van der Waals surface area contributed by atoms with E-state index >= 15 is 0 Å². The van der Waals surface area contributed by atoms with Crippen LogP contribution in [0.5, 0.6) is 0 Å². The Balaban J connectivity index is 1.63. The van der Waals surface area contributed by atoms with Crippen molar-refractivity contribution < 1.29 is 0 Å². The van der Waals surface area contributed by atoms with Gasteiger partial charge in [0, 0.05) is 48.0 Å². The second-order valence-corrected chi connectivity index (χ2v) is 7.99. The number of likely N-dealkylation sites (N-methyl/N-ethyl adjacent to an activating group) is 1. The zero-order valence-corrected chi connectivity index (χ0v) is 17.5. The van der Waals surface area contributed by atoms with Crippen molar-refractivity contribution in [1.82, 2.24) is 14.9 Å². The van der Waals surface area contributed by atoms with Gasteiger partial charge in [0.25, 0.3) is 0 Å². The van der Waals surface area contributed by atoms with Crippen LogP contribution in [0.15, 0.2) is 48.5 Å². The van der Waals surface area contributed by atoms with E-state index in [1.54, 1.807) is 6.07 Å². The lowest BCUT2D eigenvalue weighted by Gasteiger charge is -2.34. The number of hydrogen-bond acceptors (Lipinski definition) is 4. The van der Waals surface area contributed by atoms with E-state index in [1.807, 2.05) is 25.1 Å². The molecule has 0 amide bonds. The Bertz CT molecular complexity index is 980. The molecule has 4 nitrogen and oxygen atoms in total. The Morgan fingerprint density at radius 3 is 2.18 bits per heavy atom. The molecule has 3 aromatic rings. The molecular weight excluding hydrogens is 391 g/mol. The van der Waals surface area contributed by atoms with Crippen LogP contribution < -0.4 is 4.90 Å². The summed E-state index contributed by atoms with van der Waals surface area (Å²) in [4.78, 5) is 14.0. The largest absolute Gasteiger partial charge is 0.369 e. The zero-order chi connectivity index (χ0) is 19.7. The third kappa shape index (κ3) is 4.14. The normalized spacial score (nSPS) is 15.1. The van der Waals surface area contributed by atoms with Crippen molar-refractivity contribution in [2.24, 2.45) is 0 Å². The second kappa shape index (κ2) is 8.08. The number of hydrogen-bond donors (Lipinski definition) is 0. The molecule has 0 unspecified atom stereocenters. The molecule has 0 aliphatic carbocycles. The number of rotatable bonds is 3. The van der Waals surface area contributed by atoms with Crippen LogP contribution >= 0.6 is 23.2 Å². The van der Waals surface area contributed by atoms with Crippen molar-refractivity contribution in [3.8, 4) is 22.5 Å². The maximum Gasteiger partial charge on any atom is 0.126 e. The fourth-order valence-electron chi connectivity index (χ4n) is 3.46. The summed E-state index contributed by atoms with van der Waals surface area (Å²) in [5.41, 5.74) is 4.86. The molecule has 2 aromatic carbocycles. The molecule has 0 saturated carbocycles. The van der Waals surface area contributed by atoms with Gasteiger partial charge in [-0.15, -0.1) is 0 Å². The monoisotopic (exact) mass is 412 g/mol. The molecule has 1 fully saturated rings. The Kier molecular flexibility index (Phi) is 5.54. The summed E-state index contributed by atoms with van der Waals surface area (Å²) in [7, 11) is 2.17. The van der Waals surface area contributed by atoms with Gasteiger partial charge in [0.1, 0.15) is 5.82 Å². The highest BCUT2D eigenvalue weighted by molar-refractivity contribution is 6.36. The van der Waals surface area contributed by atoms with E-state index in [-0.39, 0.29) is 0 Å². The van der Waals surface area contributed by atoms with Crippen LogP contribution in [0.1, 0.15) is 5.82 Å². The molecule has 144 valence electrons. The molecule has 0 bridgehead atoms. The van der Waals surface area contributed by atoms with E-state index in [9.17, 15) is 0 Å². The van der Waals surface area contributed by atoms with Crippen LogP contribution in [0.3, 0.4) is 0 Å².